The van der Waals surface area contributed by atoms with E-state index in [4.69, 9.17) is 51.3 Å². The van der Waals surface area contributed by atoms with Crippen LogP contribution < -0.4 is 67.1 Å². The number of nitrogen functional groups attached to an aromatic ring is 1. The van der Waals surface area contributed by atoms with E-state index in [1.807, 2.05) is 0 Å². The lowest BCUT2D eigenvalue weighted by molar-refractivity contribution is -0.134. The van der Waals surface area contributed by atoms with Gasteiger partial charge in [0.15, 0.2) is 11.9 Å². The maximum absolute atomic E-state index is 13.7. The van der Waals surface area contributed by atoms with Crippen LogP contribution in [0.2, 0.25) is 0 Å². The van der Waals surface area contributed by atoms with E-state index >= 15 is 0 Å². The van der Waals surface area contributed by atoms with E-state index in [0.717, 1.165) is 5.56 Å². The maximum atomic E-state index is 13.7. The highest BCUT2D eigenvalue weighted by Crippen LogP contribution is 2.09. The lowest BCUT2D eigenvalue weighted by atomic mass is 10.0. The van der Waals surface area contributed by atoms with Gasteiger partial charge in [-0.15, -0.1) is 0 Å². The first-order valence-electron chi connectivity index (χ1n) is 17.2. The lowest BCUT2D eigenvalue weighted by Crippen LogP contribution is -2.57. The number of amidine groups is 1. The minimum atomic E-state index is -1.07. The molecule has 0 aromatic heterocycles. The summed E-state index contributed by atoms with van der Waals surface area (Å²) in [5, 5.41) is 18.6. The number of unbranched alkanes of at least 4 members (excludes halogenated alkanes) is 2. The number of nitrogens with one attached hydrogen (secondary N) is 5. The van der Waals surface area contributed by atoms with E-state index in [1.54, 1.807) is 24.3 Å². The van der Waals surface area contributed by atoms with E-state index in [0.29, 0.717) is 63.6 Å². The zero-order valence-corrected chi connectivity index (χ0v) is 29.4. The predicted molar refractivity (Wildman–Crippen MR) is 199 cm³/mol. The fourth-order valence-corrected chi connectivity index (χ4v) is 4.88. The van der Waals surface area contributed by atoms with Gasteiger partial charge in [0.2, 0.25) is 23.6 Å². The van der Waals surface area contributed by atoms with Crippen LogP contribution in [0.3, 0.4) is 0 Å². The molecule has 0 saturated heterocycles. The molecule has 0 radical (unpaired) electrons. The van der Waals surface area contributed by atoms with Crippen LogP contribution in [0.4, 0.5) is 0 Å². The molecule has 0 aliphatic rings. The van der Waals surface area contributed by atoms with Gasteiger partial charge in [0.1, 0.15) is 24.0 Å². The number of amides is 4. The van der Waals surface area contributed by atoms with Crippen LogP contribution in [0.15, 0.2) is 34.3 Å². The molecule has 0 bridgehead atoms. The highest BCUT2D eigenvalue weighted by atomic mass is 16.2. The van der Waals surface area contributed by atoms with Gasteiger partial charge in [-0.3, -0.25) is 34.6 Å². The molecule has 0 saturated carbocycles. The van der Waals surface area contributed by atoms with Gasteiger partial charge in [0, 0.05) is 25.2 Å². The summed E-state index contributed by atoms with van der Waals surface area (Å²) in [7, 11) is 0. The van der Waals surface area contributed by atoms with Gasteiger partial charge >= 0.3 is 0 Å². The Kier molecular flexibility index (Phi) is 21.6. The first-order valence-corrected chi connectivity index (χ1v) is 17.2. The van der Waals surface area contributed by atoms with Gasteiger partial charge in [-0.05, 0) is 82.9 Å². The van der Waals surface area contributed by atoms with E-state index in [2.05, 4.69) is 31.3 Å². The number of benzene rings is 1. The summed E-state index contributed by atoms with van der Waals surface area (Å²) in [6, 6.07) is 2.87. The number of guanidine groups is 2. The molecule has 51 heavy (non-hydrogen) atoms. The summed E-state index contributed by atoms with van der Waals surface area (Å²) < 4.78 is 0. The Morgan fingerprint density at radius 3 is 1.49 bits per heavy atom. The van der Waals surface area contributed by atoms with Crippen molar-refractivity contribution in [1.29, 1.82) is 5.41 Å². The normalized spacial score (nSPS) is 13.1. The molecule has 0 spiro atoms. The van der Waals surface area contributed by atoms with Crippen molar-refractivity contribution in [2.45, 2.75) is 94.9 Å². The number of aliphatic imine (C=N–C) groups is 2. The van der Waals surface area contributed by atoms with Gasteiger partial charge in [-0.25, -0.2) is 0 Å². The van der Waals surface area contributed by atoms with Crippen LogP contribution in [-0.4, -0.2) is 91.7 Å². The Hall–Kier alpha value is -5.01. The Morgan fingerprint density at radius 2 is 1.04 bits per heavy atom. The van der Waals surface area contributed by atoms with Crippen LogP contribution in [0.25, 0.3) is 0 Å². The summed E-state index contributed by atoms with van der Waals surface area (Å²) in [6.45, 7) is 1.45. The highest BCUT2D eigenvalue weighted by molar-refractivity contribution is 5.95. The van der Waals surface area contributed by atoms with Crippen molar-refractivity contribution in [1.82, 2.24) is 21.3 Å². The Labute approximate surface area is 299 Å². The number of hydrogen-bond donors (Lipinski definition) is 13. The summed E-state index contributed by atoms with van der Waals surface area (Å²) in [4.78, 5) is 61.5. The molecule has 0 heterocycles. The Bertz CT molecular complexity index is 1300. The van der Waals surface area contributed by atoms with Crippen molar-refractivity contribution >= 4 is 41.4 Å². The average Bonchev–Trinajstić information content (AvgIpc) is 3.09. The van der Waals surface area contributed by atoms with Crippen LogP contribution in [-0.2, 0) is 25.7 Å². The first-order chi connectivity index (χ1) is 24.3. The third kappa shape index (κ3) is 19.1. The van der Waals surface area contributed by atoms with Gasteiger partial charge in [-0.2, -0.15) is 0 Å². The minimum Gasteiger partial charge on any atom is -0.384 e. The van der Waals surface area contributed by atoms with Gasteiger partial charge in [0.25, 0.3) is 0 Å². The molecule has 1 aromatic rings. The fraction of sp³-hybridized carbons (Fsp3) is 0.594. The maximum Gasteiger partial charge on any atom is 0.243 e. The monoisotopic (exact) mass is 717 g/mol. The summed E-state index contributed by atoms with van der Waals surface area (Å²) >= 11 is 0. The molecule has 19 heteroatoms. The van der Waals surface area contributed by atoms with Crippen LogP contribution in [0.5, 0.6) is 0 Å². The Balaban J connectivity index is 3.11. The number of hydrogen-bond acceptors (Lipinski definition) is 10. The molecule has 0 aliphatic carbocycles. The molecule has 0 aliphatic heterocycles. The number of nitrogens with two attached hydrogens (primary N) is 8. The molecule has 0 unspecified atom stereocenters. The third-order valence-corrected chi connectivity index (χ3v) is 7.77. The molecule has 19 nitrogen and oxygen atoms in total. The zero-order chi connectivity index (χ0) is 38.2. The topological polar surface area (TPSA) is 373 Å². The molecule has 1 rings (SSSR count). The van der Waals surface area contributed by atoms with Crippen LogP contribution >= 0.6 is 0 Å². The second-order valence-corrected chi connectivity index (χ2v) is 12.1. The zero-order valence-electron chi connectivity index (χ0n) is 29.4. The van der Waals surface area contributed by atoms with Crippen molar-refractivity contribution < 1.29 is 19.2 Å². The van der Waals surface area contributed by atoms with Crippen LogP contribution in [0.1, 0.15) is 75.3 Å². The molecule has 4 amide bonds. The standard InChI is InChI=1S/C32H59N15O4/c33-15-3-1-8-23(28(49)44-19-20-11-13-21(14-12-20)26(36)37)46-29(50)24(9-2-4-16-34)47-30(51)25(10-6-18-43-32(40)41)45-27(48)22(35)7-5-17-42-31(38)39/h11-14,22-25H,1-10,15-19,33-35H2,(H3,36,37)(H,44,49)(H,45,48)(H,46,50)(H,47,51)(H4,38,39,42)(H4,40,41,43)/t22-,23-,24-,25-/m0/s1. The van der Waals surface area contributed by atoms with Crippen LogP contribution in [0, 0.1) is 5.41 Å². The number of rotatable bonds is 26. The van der Waals surface area contributed by atoms with Crippen molar-refractivity contribution in [3.8, 4) is 0 Å². The highest BCUT2D eigenvalue weighted by Gasteiger charge is 2.30. The number of nitrogens with zero attached hydrogens (tertiary/aromatic N) is 2. The van der Waals surface area contributed by atoms with Crippen molar-refractivity contribution in [3.63, 3.8) is 0 Å². The quantitative estimate of drug-likeness (QED) is 0.0255. The van der Waals surface area contributed by atoms with Gasteiger partial charge in [-0.1, -0.05) is 24.3 Å². The summed E-state index contributed by atoms with van der Waals surface area (Å²) in [5.74, 6) is -2.43. The molecular weight excluding hydrogens is 658 g/mol. The fourth-order valence-electron chi connectivity index (χ4n) is 4.88. The molecule has 21 N–H and O–H groups in total. The van der Waals surface area contributed by atoms with E-state index in [-0.39, 0.29) is 56.7 Å². The largest absolute Gasteiger partial charge is 0.384 e. The van der Waals surface area contributed by atoms with E-state index < -0.39 is 47.8 Å². The lowest BCUT2D eigenvalue weighted by Gasteiger charge is -2.26. The first kappa shape index (κ1) is 44.0. The van der Waals surface area contributed by atoms with Gasteiger partial charge in [0.05, 0.1) is 6.04 Å². The molecule has 4 atom stereocenters. The smallest absolute Gasteiger partial charge is 0.243 e. The van der Waals surface area contributed by atoms with Crippen molar-refractivity contribution in [2.24, 2.45) is 55.9 Å². The van der Waals surface area contributed by atoms with Crippen molar-refractivity contribution in [3.05, 3.63) is 35.4 Å². The molecule has 286 valence electrons. The predicted octanol–water partition coefficient (Wildman–Crippen LogP) is -3.27. The SMILES string of the molecule is N=C(N)c1ccc(CNC(=O)[C@H](CCCCN)NC(=O)[C@H](CCCCN)NC(=O)[C@H](CCCN=C(N)N)NC(=O)[C@@H](N)CCCN=C(N)N)cc1. The minimum absolute atomic E-state index is 0.0689. The van der Waals surface area contributed by atoms with E-state index in [9.17, 15) is 19.2 Å². The second kappa shape index (κ2) is 25.0. The molecule has 1 aromatic carbocycles. The number of carbonyl (C=O) groups excluding carboxylic acids is 4. The average molecular weight is 718 g/mol. The molecular formula is C32H59N15O4. The number of carbonyl (C=O) groups is 4. The third-order valence-electron chi connectivity index (χ3n) is 7.77. The Morgan fingerprint density at radius 1 is 0.608 bits per heavy atom. The van der Waals surface area contributed by atoms with Gasteiger partial charge < -0.3 is 67.1 Å². The summed E-state index contributed by atoms with van der Waals surface area (Å²) in [5.41, 5.74) is 45.8. The molecule has 0 fully saturated rings. The van der Waals surface area contributed by atoms with E-state index in [1.165, 1.54) is 0 Å². The second-order valence-electron chi connectivity index (χ2n) is 12.1. The summed E-state index contributed by atoms with van der Waals surface area (Å²) in [6.07, 6.45) is 4.02. The van der Waals surface area contributed by atoms with Crippen molar-refractivity contribution in [2.75, 3.05) is 26.2 Å².